The van der Waals surface area contributed by atoms with E-state index < -0.39 is 0 Å². The summed E-state index contributed by atoms with van der Waals surface area (Å²) in [5, 5.41) is 0. The Balaban J connectivity index is 2.14. The molecule has 0 aliphatic heterocycles. The fraction of sp³-hybridized carbons (Fsp3) is 0.507. The molecule has 0 atom stereocenters. The Morgan fingerprint density at radius 2 is 1.04 bits per heavy atom. The first-order valence-electron chi connectivity index (χ1n) is 26.7. The molecule has 0 spiro atoms. The lowest BCUT2D eigenvalue weighted by Gasteiger charge is -2.41. The van der Waals surface area contributed by atoms with E-state index in [0.717, 1.165) is 51.4 Å². The zero-order valence-corrected chi connectivity index (χ0v) is 47.7. The van der Waals surface area contributed by atoms with Crippen LogP contribution in [0.1, 0.15) is 243 Å². The first-order valence-corrected chi connectivity index (χ1v) is 26.7. The summed E-state index contributed by atoms with van der Waals surface area (Å²) in [5.41, 5.74) is 21.8. The highest BCUT2D eigenvalue weighted by atomic mass is 14.4. The lowest BCUT2D eigenvalue weighted by Crippen LogP contribution is -2.32. The maximum absolute atomic E-state index is 4.51. The van der Waals surface area contributed by atoms with E-state index in [1.54, 1.807) is 0 Å². The van der Waals surface area contributed by atoms with Crippen LogP contribution in [-0.2, 0) is 51.8 Å². The molecule has 4 rings (SSSR count). The summed E-state index contributed by atoms with van der Waals surface area (Å²) in [5.74, 6) is 0. The topological polar surface area (TPSA) is 0 Å². The zero-order chi connectivity index (χ0) is 51.9. The second-order valence-electron chi connectivity index (χ2n) is 25.8. The predicted molar refractivity (Wildman–Crippen MR) is 312 cm³/mol. The fourth-order valence-corrected chi connectivity index (χ4v) is 10.9. The molecule has 0 amide bonds. The Kier molecular flexibility index (Phi) is 18.9. The predicted octanol–water partition coefficient (Wildman–Crippen LogP) is 20.5. The molecular weight excluding hydrogens is 829 g/mol. The highest BCUT2D eigenvalue weighted by Gasteiger charge is 2.38. The maximum Gasteiger partial charge on any atom is 0.0200 e. The number of allylic oxidation sites excluding steroid dienone is 11. The van der Waals surface area contributed by atoms with Gasteiger partial charge in [0.05, 0.1) is 0 Å². The average Bonchev–Trinajstić information content (AvgIpc) is 3.24. The van der Waals surface area contributed by atoms with Gasteiger partial charge in [-0.25, -0.2) is 0 Å². The normalized spacial score (nSPS) is 15.9. The van der Waals surface area contributed by atoms with Gasteiger partial charge in [-0.15, -0.1) is 19.7 Å². The van der Waals surface area contributed by atoms with Gasteiger partial charge in [-0.3, -0.25) is 0 Å². The van der Waals surface area contributed by atoms with Gasteiger partial charge in [0.15, 0.2) is 0 Å². The molecule has 0 N–H and O–H groups in total. The van der Waals surface area contributed by atoms with Crippen LogP contribution in [0.2, 0.25) is 0 Å². The van der Waals surface area contributed by atoms with Crippen LogP contribution < -0.4 is 0 Å². The molecule has 1 saturated carbocycles. The summed E-state index contributed by atoms with van der Waals surface area (Å²) in [6.45, 7) is 59.7. The van der Waals surface area contributed by atoms with Gasteiger partial charge in [-0.2, -0.15) is 0 Å². The molecule has 0 bridgehead atoms. The minimum Gasteiger partial charge on any atom is -0.103 e. The van der Waals surface area contributed by atoms with Crippen molar-refractivity contribution in [2.24, 2.45) is 0 Å². The average molecular weight is 928 g/mol. The molecule has 1 fully saturated rings. The summed E-state index contributed by atoms with van der Waals surface area (Å²) in [7, 11) is 0. The lowest BCUT2D eigenvalue weighted by molar-refractivity contribution is 0.343. The van der Waals surface area contributed by atoms with Gasteiger partial charge < -0.3 is 0 Å². The number of rotatable bonds is 17. The molecule has 0 aromatic heterocycles. The summed E-state index contributed by atoms with van der Waals surface area (Å²) < 4.78 is 0. The zero-order valence-electron chi connectivity index (χ0n) is 47.7. The first kappa shape index (κ1) is 57.2. The van der Waals surface area contributed by atoms with E-state index in [1.165, 1.54) is 108 Å². The second-order valence-corrected chi connectivity index (χ2v) is 25.8. The number of hydrogen-bond donors (Lipinski definition) is 0. The Morgan fingerprint density at radius 3 is 1.52 bits per heavy atom. The van der Waals surface area contributed by atoms with Crippen molar-refractivity contribution in [3.05, 3.63) is 183 Å². The van der Waals surface area contributed by atoms with Crippen LogP contribution in [-0.4, -0.2) is 0 Å². The molecule has 3 aromatic rings. The largest absolute Gasteiger partial charge is 0.103 e. The van der Waals surface area contributed by atoms with Gasteiger partial charge in [0.25, 0.3) is 0 Å². The standard InChI is InChI=1S/C69H98/c1-23-28-30-36-51(38-37-48(6)55(27-5)60-43-53(65(11,12)13)46-62(67(17,18)19)58(60)35-26-4)69(39-31-29-32-40-69)54-44-59(57(34-25-3)63(47-54)68(20,21)22)49(7)41-50-42-52(64(8,9)10)45-61(66(14,15)16)56(50)33-24-2/h24-27,30,36,38,41-47H,2-5,23,28-29,31-35,37,39-40H2,1,6-22H3/b36-30-,49-41+,51-38+,55-48+. The van der Waals surface area contributed by atoms with E-state index in [4.69, 9.17) is 0 Å². The second kappa shape index (κ2) is 22.8. The molecular formula is C69H98. The number of benzene rings is 3. The minimum atomic E-state index is -0.127. The first-order chi connectivity index (χ1) is 32.0. The van der Waals surface area contributed by atoms with Crippen LogP contribution in [0.3, 0.4) is 0 Å². The van der Waals surface area contributed by atoms with Crippen molar-refractivity contribution in [1.29, 1.82) is 0 Å². The Morgan fingerprint density at radius 1 is 0.565 bits per heavy atom. The van der Waals surface area contributed by atoms with Crippen molar-refractivity contribution < 1.29 is 0 Å². The molecule has 0 heterocycles. The van der Waals surface area contributed by atoms with Crippen LogP contribution >= 0.6 is 0 Å². The smallest absolute Gasteiger partial charge is 0.0200 e. The van der Waals surface area contributed by atoms with Gasteiger partial charge in [0.1, 0.15) is 0 Å². The molecule has 0 nitrogen and oxygen atoms in total. The van der Waals surface area contributed by atoms with Gasteiger partial charge in [0.2, 0.25) is 0 Å². The van der Waals surface area contributed by atoms with E-state index in [-0.39, 0.29) is 32.5 Å². The van der Waals surface area contributed by atoms with Gasteiger partial charge in [-0.05, 0) is 169 Å². The van der Waals surface area contributed by atoms with Gasteiger partial charge >= 0.3 is 0 Å². The SMILES string of the molecule is C=CCc1c(/C=C(\C)c2cc(C3(C(/C=C\CCC)=C/C/C(C)=C(\C=C)c4cc(C(C)(C)C)cc(C(C)(C)C)c4CC=C)CCCCC3)cc(C(C)(C)C)c2CC=C)cc(C(C)(C)C)cc1C(C)(C)C. The van der Waals surface area contributed by atoms with E-state index >= 15 is 0 Å². The van der Waals surface area contributed by atoms with E-state index in [9.17, 15) is 0 Å². The third-order valence-electron chi connectivity index (χ3n) is 14.9. The van der Waals surface area contributed by atoms with Crippen molar-refractivity contribution in [3.63, 3.8) is 0 Å². The number of unbranched alkanes of at least 4 members (excludes halogenated alkanes) is 1. The van der Waals surface area contributed by atoms with Crippen LogP contribution in [0.25, 0.3) is 17.2 Å². The van der Waals surface area contributed by atoms with Crippen LogP contribution in [0.15, 0.2) is 116 Å². The van der Waals surface area contributed by atoms with E-state index in [0.29, 0.717) is 0 Å². The molecule has 374 valence electrons. The monoisotopic (exact) mass is 927 g/mol. The quantitative estimate of drug-likeness (QED) is 0.0719. The van der Waals surface area contributed by atoms with Crippen molar-refractivity contribution in [1.82, 2.24) is 0 Å². The Labute approximate surface area is 426 Å². The molecule has 1 aliphatic rings. The fourth-order valence-electron chi connectivity index (χ4n) is 10.9. The van der Waals surface area contributed by atoms with Crippen LogP contribution in [0.4, 0.5) is 0 Å². The van der Waals surface area contributed by atoms with Gasteiger partial charge in [0, 0.05) is 5.41 Å². The molecule has 3 aromatic carbocycles. The summed E-state index contributed by atoms with van der Waals surface area (Å²) in [4.78, 5) is 0. The molecule has 69 heavy (non-hydrogen) atoms. The van der Waals surface area contributed by atoms with Gasteiger partial charge in [-0.1, -0.05) is 234 Å². The maximum atomic E-state index is 4.51. The van der Waals surface area contributed by atoms with Crippen molar-refractivity contribution in [3.8, 4) is 0 Å². The molecule has 0 saturated heterocycles. The lowest BCUT2D eigenvalue weighted by atomic mass is 9.62. The molecule has 0 heteroatoms. The molecule has 0 unspecified atom stereocenters. The third kappa shape index (κ3) is 13.7. The molecule has 1 aliphatic carbocycles. The summed E-state index contributed by atoms with van der Waals surface area (Å²) in [6, 6.07) is 15.1. The van der Waals surface area contributed by atoms with Crippen molar-refractivity contribution in [2.45, 2.75) is 228 Å². The van der Waals surface area contributed by atoms with E-state index in [2.05, 4.69) is 236 Å². The Hall–Kier alpha value is -4.42. The summed E-state index contributed by atoms with van der Waals surface area (Å²) >= 11 is 0. The van der Waals surface area contributed by atoms with Crippen LogP contribution in [0.5, 0.6) is 0 Å². The van der Waals surface area contributed by atoms with Crippen molar-refractivity contribution in [2.75, 3.05) is 0 Å². The highest BCUT2D eigenvalue weighted by molar-refractivity contribution is 5.85. The third-order valence-corrected chi connectivity index (χ3v) is 14.9. The number of hydrogen-bond acceptors (Lipinski definition) is 0. The van der Waals surface area contributed by atoms with E-state index in [1.807, 2.05) is 0 Å². The highest BCUT2D eigenvalue weighted by Crippen LogP contribution is 2.49. The van der Waals surface area contributed by atoms with Crippen LogP contribution in [0, 0.1) is 0 Å². The molecule has 0 radical (unpaired) electrons. The summed E-state index contributed by atoms with van der Waals surface area (Å²) in [6.07, 6.45) is 30.0. The Bertz CT molecular complexity index is 2450. The minimum absolute atomic E-state index is 0.00535. The van der Waals surface area contributed by atoms with Crippen molar-refractivity contribution >= 4 is 17.2 Å².